The Hall–Kier alpha value is -2.98. The van der Waals surface area contributed by atoms with Gasteiger partial charge in [0.05, 0.1) is 26.4 Å². The molecule has 0 aliphatic carbocycles. The molecular formula is C79H146O17P2. The Balaban J connectivity index is 5.32. The molecule has 0 spiro atoms. The number of hydrogen-bond acceptors (Lipinski definition) is 15. The molecule has 0 aromatic carbocycles. The van der Waals surface area contributed by atoms with E-state index < -0.39 is 97.5 Å². The SMILES string of the molecule is CCC/C=C\C/C=C\CCCCCCCC(=O)OC(COC(=O)CCCCCCC/C=C\CCCCCCCC)COP(=O)(O)OCC(O)COP(=O)(O)OCC(COC(=O)CCCCCCC/C=C\CCCCCCCC)OC(=O)CCCCCCCCCCCCCCCCC. The van der Waals surface area contributed by atoms with Gasteiger partial charge in [-0.15, -0.1) is 0 Å². The first-order valence-corrected chi connectivity index (χ1v) is 42.9. The highest BCUT2D eigenvalue weighted by molar-refractivity contribution is 7.47. The molecule has 19 heteroatoms. The van der Waals surface area contributed by atoms with Gasteiger partial charge < -0.3 is 33.8 Å². The van der Waals surface area contributed by atoms with Gasteiger partial charge in [0, 0.05) is 25.7 Å². The van der Waals surface area contributed by atoms with Crippen LogP contribution in [0.15, 0.2) is 48.6 Å². The standard InChI is InChI=1S/C79H146O17P2/c1-5-9-13-17-21-25-29-33-36-40-43-47-51-55-59-63-76(81)89-69-74(95-78(83)65-61-57-53-49-45-39-32-28-24-20-16-12-8-4)71-93-97(85,86)91-67-73(80)68-92-98(87,88)94-72-75(96-79(84)66-62-58-54-50-46-42-38-35-31-27-23-19-15-11-7-3)70-90-77(82)64-60-56-52-48-44-41-37-34-30-26-22-18-14-10-6-2/h16,20,28,32-34,36-37,73-75,80H,5-15,17-19,21-27,29-31,35,38-72H2,1-4H3,(H,85,86)(H,87,88)/b20-16-,32-28-,36-33-,37-34-. The molecule has 0 saturated heterocycles. The lowest BCUT2D eigenvalue weighted by atomic mass is 10.0. The third kappa shape index (κ3) is 71.4. The van der Waals surface area contributed by atoms with Crippen molar-refractivity contribution in [1.82, 2.24) is 0 Å². The van der Waals surface area contributed by atoms with E-state index in [9.17, 15) is 43.2 Å². The molecule has 5 atom stereocenters. The van der Waals surface area contributed by atoms with E-state index in [2.05, 4.69) is 76.3 Å². The summed E-state index contributed by atoms with van der Waals surface area (Å²) in [5, 5.41) is 10.6. The van der Waals surface area contributed by atoms with E-state index in [0.29, 0.717) is 25.7 Å². The second-order valence-electron chi connectivity index (χ2n) is 27.0. The number of hydrogen-bond donors (Lipinski definition) is 3. The highest BCUT2D eigenvalue weighted by atomic mass is 31.2. The Morgan fingerprint density at radius 2 is 0.520 bits per heavy atom. The number of phosphoric ester groups is 2. The number of unbranched alkanes of at least 4 members (excludes halogenated alkanes) is 42. The first-order chi connectivity index (χ1) is 47.7. The molecule has 0 aliphatic rings. The van der Waals surface area contributed by atoms with Gasteiger partial charge in [-0.25, -0.2) is 9.13 Å². The number of rotatable bonds is 76. The van der Waals surface area contributed by atoms with Crippen molar-refractivity contribution in [2.75, 3.05) is 39.6 Å². The minimum atomic E-state index is -4.97. The number of carbonyl (C=O) groups is 4. The van der Waals surface area contributed by atoms with Crippen LogP contribution in [0.25, 0.3) is 0 Å². The predicted molar refractivity (Wildman–Crippen MR) is 400 cm³/mol. The van der Waals surface area contributed by atoms with Crippen molar-refractivity contribution in [3.63, 3.8) is 0 Å². The molecule has 17 nitrogen and oxygen atoms in total. The summed E-state index contributed by atoms with van der Waals surface area (Å²) in [6.45, 7) is 4.85. The lowest BCUT2D eigenvalue weighted by Crippen LogP contribution is -2.30. The van der Waals surface area contributed by atoms with E-state index in [1.807, 2.05) is 0 Å². The van der Waals surface area contributed by atoms with E-state index in [-0.39, 0.29) is 25.7 Å². The summed E-state index contributed by atoms with van der Waals surface area (Å²) in [6, 6.07) is 0. The van der Waals surface area contributed by atoms with Crippen LogP contribution < -0.4 is 0 Å². The third-order valence-corrected chi connectivity index (χ3v) is 19.1. The Kier molecular flexibility index (Phi) is 70.2. The van der Waals surface area contributed by atoms with E-state index in [1.165, 1.54) is 141 Å². The van der Waals surface area contributed by atoms with Crippen LogP contribution in [0.4, 0.5) is 0 Å². The fourth-order valence-electron chi connectivity index (χ4n) is 11.1. The van der Waals surface area contributed by atoms with Crippen LogP contribution in [0.5, 0.6) is 0 Å². The van der Waals surface area contributed by atoms with E-state index >= 15 is 0 Å². The van der Waals surface area contributed by atoms with Crippen LogP contribution in [0, 0.1) is 0 Å². The minimum Gasteiger partial charge on any atom is -0.462 e. The maximum absolute atomic E-state index is 13.1. The summed E-state index contributed by atoms with van der Waals surface area (Å²) in [5.41, 5.74) is 0. The normalized spacial score (nSPS) is 14.2. The smallest absolute Gasteiger partial charge is 0.462 e. The molecule has 0 aliphatic heterocycles. The molecule has 0 bridgehead atoms. The van der Waals surface area contributed by atoms with Crippen molar-refractivity contribution in [3.8, 4) is 0 Å². The molecule has 3 N–H and O–H groups in total. The van der Waals surface area contributed by atoms with Crippen molar-refractivity contribution in [2.24, 2.45) is 0 Å². The number of carbonyl (C=O) groups excluding carboxylic acids is 4. The number of aliphatic hydroxyl groups excluding tert-OH is 1. The molecular weight excluding hydrogens is 1280 g/mol. The number of ether oxygens (including phenoxy) is 4. The topological polar surface area (TPSA) is 237 Å². The Morgan fingerprint density at radius 1 is 0.286 bits per heavy atom. The molecule has 98 heavy (non-hydrogen) atoms. The van der Waals surface area contributed by atoms with Gasteiger partial charge in [-0.1, -0.05) is 295 Å². The summed E-state index contributed by atoms with van der Waals surface area (Å²) in [4.78, 5) is 72.9. The van der Waals surface area contributed by atoms with Gasteiger partial charge >= 0.3 is 39.5 Å². The Labute approximate surface area is 597 Å². The van der Waals surface area contributed by atoms with Gasteiger partial charge in [0.25, 0.3) is 0 Å². The van der Waals surface area contributed by atoms with Gasteiger partial charge in [0.1, 0.15) is 19.3 Å². The molecule has 0 saturated carbocycles. The summed E-state index contributed by atoms with van der Waals surface area (Å²) in [5.74, 6) is -2.17. The van der Waals surface area contributed by atoms with Crippen molar-refractivity contribution in [2.45, 2.75) is 393 Å². The highest BCUT2D eigenvalue weighted by Crippen LogP contribution is 2.45. The minimum absolute atomic E-state index is 0.0817. The number of phosphoric acid groups is 2. The van der Waals surface area contributed by atoms with Gasteiger partial charge in [0.15, 0.2) is 12.2 Å². The molecule has 0 rings (SSSR count). The van der Waals surface area contributed by atoms with E-state index in [1.54, 1.807) is 0 Å². The molecule has 0 aromatic rings. The van der Waals surface area contributed by atoms with Crippen LogP contribution >= 0.6 is 15.6 Å². The van der Waals surface area contributed by atoms with Crippen LogP contribution in [0.3, 0.4) is 0 Å². The van der Waals surface area contributed by atoms with E-state index in [0.717, 1.165) is 154 Å². The Bertz CT molecular complexity index is 2050. The Morgan fingerprint density at radius 3 is 0.806 bits per heavy atom. The van der Waals surface area contributed by atoms with E-state index in [4.69, 9.17) is 37.0 Å². The molecule has 0 fully saturated rings. The first-order valence-electron chi connectivity index (χ1n) is 39.9. The second kappa shape index (κ2) is 72.4. The van der Waals surface area contributed by atoms with Gasteiger partial charge in [-0.2, -0.15) is 0 Å². The van der Waals surface area contributed by atoms with Gasteiger partial charge in [-0.3, -0.25) is 37.3 Å². The predicted octanol–water partition coefficient (Wildman–Crippen LogP) is 22.9. The van der Waals surface area contributed by atoms with Crippen molar-refractivity contribution in [1.29, 1.82) is 0 Å². The zero-order chi connectivity index (χ0) is 71.8. The average Bonchev–Trinajstić information content (AvgIpc) is 1.07. The highest BCUT2D eigenvalue weighted by Gasteiger charge is 2.30. The summed E-state index contributed by atoms with van der Waals surface area (Å²) < 4.78 is 68.6. The summed E-state index contributed by atoms with van der Waals surface area (Å²) in [6.07, 6.45) is 69.4. The van der Waals surface area contributed by atoms with Crippen LogP contribution in [0.2, 0.25) is 0 Å². The fraction of sp³-hybridized carbons (Fsp3) is 0.848. The number of esters is 4. The lowest BCUT2D eigenvalue weighted by molar-refractivity contribution is -0.161. The van der Waals surface area contributed by atoms with Gasteiger partial charge in [0.2, 0.25) is 0 Å². The fourth-order valence-corrected chi connectivity index (χ4v) is 12.7. The van der Waals surface area contributed by atoms with Gasteiger partial charge in [-0.05, 0) is 103 Å². The summed E-state index contributed by atoms with van der Waals surface area (Å²) >= 11 is 0. The summed E-state index contributed by atoms with van der Waals surface area (Å²) in [7, 11) is -9.94. The molecule has 5 unspecified atom stereocenters. The monoisotopic (exact) mass is 1430 g/mol. The first kappa shape index (κ1) is 95.0. The quantitative estimate of drug-likeness (QED) is 0.0169. The maximum atomic E-state index is 13.1. The van der Waals surface area contributed by atoms with Crippen LogP contribution in [0.1, 0.15) is 374 Å². The van der Waals surface area contributed by atoms with Crippen molar-refractivity contribution in [3.05, 3.63) is 48.6 Å². The molecule has 0 amide bonds. The molecule has 0 aromatic heterocycles. The van der Waals surface area contributed by atoms with Crippen molar-refractivity contribution >= 4 is 39.5 Å². The zero-order valence-electron chi connectivity index (χ0n) is 62.7. The second-order valence-corrected chi connectivity index (χ2v) is 29.9. The number of aliphatic hydroxyl groups is 1. The molecule has 0 radical (unpaired) electrons. The number of allylic oxidation sites excluding steroid dienone is 8. The van der Waals surface area contributed by atoms with Crippen molar-refractivity contribution < 1.29 is 80.2 Å². The third-order valence-electron chi connectivity index (χ3n) is 17.2. The lowest BCUT2D eigenvalue weighted by Gasteiger charge is -2.21. The zero-order valence-corrected chi connectivity index (χ0v) is 64.5. The molecule has 0 heterocycles. The van der Waals surface area contributed by atoms with Crippen LogP contribution in [-0.2, 0) is 65.4 Å². The maximum Gasteiger partial charge on any atom is 0.472 e. The molecule has 574 valence electrons. The average molecular weight is 1430 g/mol. The van der Waals surface area contributed by atoms with Crippen LogP contribution in [-0.4, -0.2) is 96.7 Å². The largest absolute Gasteiger partial charge is 0.472 e.